The maximum Gasteiger partial charge on any atom is 0.419 e. The first-order valence-corrected chi connectivity index (χ1v) is 9.13. The van der Waals surface area contributed by atoms with Crippen LogP contribution in [0.2, 0.25) is 5.02 Å². The van der Waals surface area contributed by atoms with Gasteiger partial charge >= 0.3 is 12.2 Å². The van der Waals surface area contributed by atoms with Gasteiger partial charge in [0, 0.05) is 29.0 Å². The Morgan fingerprint density at radius 3 is 2.56 bits per heavy atom. The molecule has 0 heterocycles. The van der Waals surface area contributed by atoms with Crippen molar-refractivity contribution in [2.24, 2.45) is 0 Å². The minimum absolute atomic E-state index is 0.179. The molecule has 0 fully saturated rings. The van der Waals surface area contributed by atoms with E-state index in [4.69, 9.17) is 21.1 Å². The third-order valence-corrected chi connectivity index (χ3v) is 4.06. The average molecular weight is 391 g/mol. The fraction of sp³-hybridized carbons (Fsp3) is 0.300. The van der Waals surface area contributed by atoms with Crippen LogP contribution in [0.25, 0.3) is 0 Å². The van der Waals surface area contributed by atoms with Gasteiger partial charge < -0.3 is 9.47 Å². The van der Waals surface area contributed by atoms with Crippen molar-refractivity contribution >= 4 is 35.2 Å². The Labute approximate surface area is 164 Å². The number of halogens is 1. The molecule has 2 aromatic carbocycles. The summed E-state index contributed by atoms with van der Waals surface area (Å²) in [5.41, 5.74) is 1.11. The van der Waals surface area contributed by atoms with Gasteiger partial charge in [-0.1, -0.05) is 30.7 Å². The standard InChI is InChI=1S/C20H23ClN2O4/c1-4-14(3)26-19(24)22-16-9-7-11-18(13-16)27-20(25)23(5-2)17-10-6-8-15(21)12-17/h6-14H,4-5H2,1-3H3,(H,22,24). The van der Waals surface area contributed by atoms with Crippen LogP contribution in [0.1, 0.15) is 27.2 Å². The Morgan fingerprint density at radius 1 is 1.15 bits per heavy atom. The van der Waals surface area contributed by atoms with E-state index in [1.54, 1.807) is 48.5 Å². The quantitative estimate of drug-likeness (QED) is 0.685. The van der Waals surface area contributed by atoms with Crippen LogP contribution in [0.5, 0.6) is 5.75 Å². The molecule has 0 saturated carbocycles. The number of anilines is 2. The van der Waals surface area contributed by atoms with Gasteiger partial charge in [0.1, 0.15) is 11.9 Å². The molecule has 0 radical (unpaired) electrons. The molecule has 27 heavy (non-hydrogen) atoms. The SMILES string of the molecule is CCC(C)OC(=O)Nc1cccc(OC(=O)N(CC)c2cccc(Cl)c2)c1. The monoisotopic (exact) mass is 390 g/mol. The second-order valence-corrected chi connectivity index (χ2v) is 6.31. The minimum Gasteiger partial charge on any atom is -0.446 e. The van der Waals surface area contributed by atoms with Crippen molar-refractivity contribution < 1.29 is 19.1 Å². The van der Waals surface area contributed by atoms with Crippen molar-refractivity contribution in [1.29, 1.82) is 0 Å². The summed E-state index contributed by atoms with van der Waals surface area (Å²) in [5.74, 6) is 0.307. The Bertz CT molecular complexity index is 797. The van der Waals surface area contributed by atoms with Gasteiger partial charge in [-0.3, -0.25) is 10.2 Å². The zero-order valence-corrected chi connectivity index (χ0v) is 16.3. The van der Waals surface area contributed by atoms with E-state index in [0.717, 1.165) is 6.42 Å². The van der Waals surface area contributed by atoms with Crippen LogP contribution in [0, 0.1) is 0 Å². The van der Waals surface area contributed by atoms with Crippen LogP contribution < -0.4 is 15.0 Å². The van der Waals surface area contributed by atoms with Crippen molar-refractivity contribution in [1.82, 2.24) is 0 Å². The van der Waals surface area contributed by atoms with E-state index in [9.17, 15) is 9.59 Å². The smallest absolute Gasteiger partial charge is 0.419 e. The van der Waals surface area contributed by atoms with Gasteiger partial charge in [0.25, 0.3) is 0 Å². The van der Waals surface area contributed by atoms with Gasteiger partial charge in [-0.05, 0) is 50.6 Å². The fourth-order valence-electron chi connectivity index (χ4n) is 2.27. The summed E-state index contributed by atoms with van der Waals surface area (Å²) < 4.78 is 10.6. The molecule has 0 bridgehead atoms. The second kappa shape index (κ2) is 9.83. The maximum absolute atomic E-state index is 12.5. The van der Waals surface area contributed by atoms with Gasteiger partial charge in [0.05, 0.1) is 0 Å². The van der Waals surface area contributed by atoms with Gasteiger partial charge in [-0.25, -0.2) is 9.59 Å². The minimum atomic E-state index is -0.554. The summed E-state index contributed by atoms with van der Waals surface area (Å²) in [6, 6.07) is 13.5. The molecule has 0 spiro atoms. The van der Waals surface area contributed by atoms with Crippen molar-refractivity contribution in [3.63, 3.8) is 0 Å². The van der Waals surface area contributed by atoms with Crippen molar-refractivity contribution in [2.45, 2.75) is 33.3 Å². The Morgan fingerprint density at radius 2 is 1.89 bits per heavy atom. The second-order valence-electron chi connectivity index (χ2n) is 5.87. The van der Waals surface area contributed by atoms with E-state index in [1.165, 1.54) is 4.90 Å². The molecule has 6 nitrogen and oxygen atoms in total. The zero-order valence-electron chi connectivity index (χ0n) is 15.6. The third-order valence-electron chi connectivity index (χ3n) is 3.83. The van der Waals surface area contributed by atoms with E-state index in [2.05, 4.69) is 5.32 Å². The lowest BCUT2D eigenvalue weighted by atomic mass is 10.3. The third kappa shape index (κ3) is 6.18. The molecule has 0 aliphatic carbocycles. The Balaban J connectivity index is 2.06. The number of hydrogen-bond donors (Lipinski definition) is 1. The largest absolute Gasteiger partial charge is 0.446 e. The summed E-state index contributed by atoms with van der Waals surface area (Å²) in [6.45, 7) is 5.99. The summed E-state index contributed by atoms with van der Waals surface area (Å²) in [7, 11) is 0. The van der Waals surface area contributed by atoms with Gasteiger partial charge in [-0.15, -0.1) is 0 Å². The van der Waals surface area contributed by atoms with Crippen LogP contribution in [0.15, 0.2) is 48.5 Å². The highest BCUT2D eigenvalue weighted by Gasteiger charge is 2.17. The summed E-state index contributed by atoms with van der Waals surface area (Å²) in [4.78, 5) is 25.8. The van der Waals surface area contributed by atoms with E-state index in [1.807, 2.05) is 20.8 Å². The molecule has 1 unspecified atom stereocenters. The number of ether oxygens (including phenoxy) is 2. The topological polar surface area (TPSA) is 67.9 Å². The van der Waals surface area contributed by atoms with Crippen molar-refractivity contribution in [3.8, 4) is 5.75 Å². The van der Waals surface area contributed by atoms with Crippen LogP contribution >= 0.6 is 11.6 Å². The summed E-state index contributed by atoms with van der Waals surface area (Å²) in [5, 5.41) is 3.15. The van der Waals surface area contributed by atoms with Gasteiger partial charge in [0.15, 0.2) is 0 Å². The van der Waals surface area contributed by atoms with Crippen LogP contribution in [0.3, 0.4) is 0 Å². The highest BCUT2D eigenvalue weighted by atomic mass is 35.5. The lowest BCUT2D eigenvalue weighted by Crippen LogP contribution is -2.33. The number of rotatable bonds is 6. The predicted octanol–water partition coefficient (Wildman–Crippen LogP) is 5.71. The number of carbonyl (C=O) groups excluding carboxylic acids is 2. The maximum atomic E-state index is 12.5. The van der Waals surface area contributed by atoms with E-state index in [-0.39, 0.29) is 6.10 Å². The lowest BCUT2D eigenvalue weighted by Gasteiger charge is -2.20. The van der Waals surface area contributed by atoms with Crippen molar-refractivity contribution in [2.75, 3.05) is 16.8 Å². The fourth-order valence-corrected chi connectivity index (χ4v) is 2.45. The molecule has 0 aliphatic rings. The molecule has 1 N–H and O–H groups in total. The summed E-state index contributed by atoms with van der Waals surface area (Å²) >= 11 is 6.00. The normalized spacial score (nSPS) is 11.4. The van der Waals surface area contributed by atoms with Crippen LogP contribution in [-0.2, 0) is 4.74 Å². The number of carbonyl (C=O) groups is 2. The van der Waals surface area contributed by atoms with E-state index < -0.39 is 12.2 Å². The van der Waals surface area contributed by atoms with Crippen LogP contribution in [-0.4, -0.2) is 24.8 Å². The number of hydrogen-bond acceptors (Lipinski definition) is 4. The predicted molar refractivity (Wildman–Crippen MR) is 107 cm³/mol. The lowest BCUT2D eigenvalue weighted by molar-refractivity contribution is 0.118. The number of nitrogens with zero attached hydrogens (tertiary/aromatic N) is 1. The summed E-state index contributed by atoms with van der Waals surface area (Å²) in [6.07, 6.45) is -0.551. The first kappa shape index (κ1) is 20.6. The number of nitrogens with one attached hydrogen (secondary N) is 1. The Hall–Kier alpha value is -2.73. The average Bonchev–Trinajstić information content (AvgIpc) is 2.62. The molecule has 1 atom stereocenters. The molecule has 0 saturated heterocycles. The first-order valence-electron chi connectivity index (χ1n) is 8.75. The molecule has 2 aromatic rings. The van der Waals surface area contributed by atoms with E-state index in [0.29, 0.717) is 28.7 Å². The highest BCUT2D eigenvalue weighted by Crippen LogP contribution is 2.23. The molecular formula is C20H23ClN2O4. The Kier molecular flexibility index (Phi) is 7.49. The molecule has 144 valence electrons. The number of amides is 2. The van der Waals surface area contributed by atoms with Gasteiger partial charge in [0.2, 0.25) is 0 Å². The molecule has 0 aromatic heterocycles. The molecule has 0 aliphatic heterocycles. The van der Waals surface area contributed by atoms with Crippen LogP contribution in [0.4, 0.5) is 21.0 Å². The first-order chi connectivity index (χ1) is 12.9. The highest BCUT2D eigenvalue weighted by molar-refractivity contribution is 6.30. The van der Waals surface area contributed by atoms with Gasteiger partial charge in [-0.2, -0.15) is 0 Å². The molecule has 2 rings (SSSR count). The number of benzene rings is 2. The molecular weight excluding hydrogens is 368 g/mol. The molecule has 2 amide bonds. The zero-order chi connectivity index (χ0) is 19.8. The molecule has 7 heteroatoms. The van der Waals surface area contributed by atoms with E-state index >= 15 is 0 Å². The van der Waals surface area contributed by atoms with Crippen molar-refractivity contribution in [3.05, 3.63) is 53.6 Å².